The molecular formula is C12H17NO2. The van der Waals surface area contributed by atoms with Gasteiger partial charge in [-0.05, 0) is 17.9 Å². The first-order valence-electron chi connectivity index (χ1n) is 5.22. The minimum atomic E-state index is -0.206. The van der Waals surface area contributed by atoms with Gasteiger partial charge in [0.15, 0.2) is 0 Å². The first-order valence-corrected chi connectivity index (χ1v) is 5.22. The Morgan fingerprint density at radius 1 is 1.53 bits per heavy atom. The summed E-state index contributed by atoms with van der Waals surface area (Å²) in [5.41, 5.74) is 0.926. The van der Waals surface area contributed by atoms with Gasteiger partial charge in [0, 0.05) is 6.42 Å². The lowest BCUT2D eigenvalue weighted by molar-refractivity contribution is -0.135. The van der Waals surface area contributed by atoms with E-state index in [0.717, 1.165) is 5.57 Å². The summed E-state index contributed by atoms with van der Waals surface area (Å²) >= 11 is 0. The molecule has 0 aliphatic carbocycles. The molecule has 1 aliphatic rings. The normalized spacial score (nSPS) is 22.9. The summed E-state index contributed by atoms with van der Waals surface area (Å²) in [6.07, 6.45) is 4.74. The van der Waals surface area contributed by atoms with Crippen LogP contribution >= 0.6 is 0 Å². The molecule has 0 aromatic carbocycles. The third kappa shape index (κ3) is 3.05. The Morgan fingerprint density at radius 3 is 2.67 bits per heavy atom. The smallest absolute Gasteiger partial charge is 0.234 e. The van der Waals surface area contributed by atoms with Crippen LogP contribution in [-0.4, -0.2) is 11.8 Å². The van der Waals surface area contributed by atoms with Crippen LogP contribution in [0.2, 0.25) is 0 Å². The standard InChI is InChI=1S/C12H17NO2/c1-4-9(7-8(2)3)10-5-6-11(14)13-12(10)15/h4,7-8,10H,1,5-6H2,2-3H3,(H,13,14,15)/b9-7+. The number of carbonyl (C=O) groups excluding carboxylic acids is 2. The SMILES string of the molecule is C=C/C(=C\C(C)C)C1CCC(=O)NC1=O. The number of hydrogen-bond donors (Lipinski definition) is 1. The van der Waals surface area contributed by atoms with Crippen molar-refractivity contribution in [2.75, 3.05) is 0 Å². The van der Waals surface area contributed by atoms with E-state index in [-0.39, 0.29) is 17.7 Å². The van der Waals surface area contributed by atoms with Crippen molar-refractivity contribution in [3.63, 3.8) is 0 Å². The number of rotatable bonds is 3. The molecule has 2 amide bonds. The predicted octanol–water partition coefficient (Wildman–Crippen LogP) is 1.81. The van der Waals surface area contributed by atoms with Gasteiger partial charge in [-0.2, -0.15) is 0 Å². The molecule has 3 nitrogen and oxygen atoms in total. The molecule has 1 unspecified atom stereocenters. The molecule has 1 rings (SSSR count). The summed E-state index contributed by atoms with van der Waals surface area (Å²) in [6, 6.07) is 0. The number of allylic oxidation sites excluding steroid dienone is 2. The molecule has 0 radical (unpaired) electrons. The van der Waals surface area contributed by atoms with Gasteiger partial charge in [0.05, 0.1) is 5.92 Å². The summed E-state index contributed by atoms with van der Waals surface area (Å²) in [6.45, 7) is 7.81. The van der Waals surface area contributed by atoms with Gasteiger partial charge in [0.1, 0.15) is 0 Å². The van der Waals surface area contributed by atoms with Gasteiger partial charge >= 0.3 is 0 Å². The Labute approximate surface area is 90.2 Å². The van der Waals surface area contributed by atoms with Gasteiger partial charge in [-0.1, -0.05) is 32.6 Å². The number of amides is 2. The van der Waals surface area contributed by atoms with Gasteiger partial charge < -0.3 is 0 Å². The summed E-state index contributed by atoms with van der Waals surface area (Å²) in [5.74, 6) is -0.201. The maximum Gasteiger partial charge on any atom is 0.234 e. The van der Waals surface area contributed by atoms with Crippen LogP contribution in [0.4, 0.5) is 0 Å². The second-order valence-corrected chi connectivity index (χ2v) is 4.12. The molecule has 0 spiro atoms. The minimum absolute atomic E-state index is 0.177. The summed E-state index contributed by atoms with van der Waals surface area (Å²) < 4.78 is 0. The fourth-order valence-electron chi connectivity index (χ4n) is 1.72. The van der Waals surface area contributed by atoms with Crippen molar-refractivity contribution in [1.82, 2.24) is 5.32 Å². The van der Waals surface area contributed by atoms with Crippen LogP contribution in [0.25, 0.3) is 0 Å². The molecular weight excluding hydrogens is 190 g/mol. The number of piperidine rings is 1. The van der Waals surface area contributed by atoms with Crippen molar-refractivity contribution in [2.45, 2.75) is 26.7 Å². The van der Waals surface area contributed by atoms with Crippen molar-refractivity contribution in [3.05, 3.63) is 24.3 Å². The van der Waals surface area contributed by atoms with E-state index in [0.29, 0.717) is 18.8 Å². The van der Waals surface area contributed by atoms with Crippen LogP contribution in [0.1, 0.15) is 26.7 Å². The molecule has 1 aliphatic heterocycles. The van der Waals surface area contributed by atoms with E-state index in [1.807, 2.05) is 6.08 Å². The van der Waals surface area contributed by atoms with E-state index in [2.05, 4.69) is 25.7 Å². The van der Waals surface area contributed by atoms with Gasteiger partial charge in [-0.15, -0.1) is 0 Å². The number of hydrogen-bond acceptors (Lipinski definition) is 2. The molecule has 1 saturated heterocycles. The van der Waals surface area contributed by atoms with Gasteiger partial charge in [0.25, 0.3) is 0 Å². The maximum absolute atomic E-state index is 11.6. The zero-order valence-corrected chi connectivity index (χ0v) is 9.25. The summed E-state index contributed by atoms with van der Waals surface area (Å²) in [5, 5.41) is 2.35. The third-order valence-corrected chi connectivity index (χ3v) is 2.40. The minimum Gasteiger partial charge on any atom is -0.296 e. The summed E-state index contributed by atoms with van der Waals surface area (Å²) in [4.78, 5) is 22.5. The monoisotopic (exact) mass is 207 g/mol. The zero-order chi connectivity index (χ0) is 11.4. The average molecular weight is 207 g/mol. The highest BCUT2D eigenvalue weighted by Gasteiger charge is 2.28. The second-order valence-electron chi connectivity index (χ2n) is 4.12. The fraction of sp³-hybridized carbons (Fsp3) is 0.500. The van der Waals surface area contributed by atoms with E-state index in [1.165, 1.54) is 0 Å². The van der Waals surface area contributed by atoms with E-state index in [1.54, 1.807) is 6.08 Å². The van der Waals surface area contributed by atoms with Crippen molar-refractivity contribution in [2.24, 2.45) is 11.8 Å². The first-order chi connectivity index (χ1) is 7.04. The predicted molar refractivity (Wildman–Crippen MR) is 59.0 cm³/mol. The quantitative estimate of drug-likeness (QED) is 0.566. The molecule has 0 saturated carbocycles. The van der Waals surface area contributed by atoms with Gasteiger partial charge in [-0.25, -0.2) is 0 Å². The van der Waals surface area contributed by atoms with Gasteiger partial charge in [0.2, 0.25) is 11.8 Å². The highest BCUT2D eigenvalue weighted by atomic mass is 16.2. The van der Waals surface area contributed by atoms with Crippen molar-refractivity contribution in [3.8, 4) is 0 Å². The lowest BCUT2D eigenvalue weighted by Crippen LogP contribution is -2.41. The molecule has 1 fully saturated rings. The maximum atomic E-state index is 11.6. The van der Waals surface area contributed by atoms with E-state index in [9.17, 15) is 9.59 Å². The van der Waals surface area contributed by atoms with Crippen LogP contribution < -0.4 is 5.32 Å². The molecule has 1 atom stereocenters. The molecule has 1 N–H and O–H groups in total. The molecule has 3 heteroatoms. The Morgan fingerprint density at radius 2 is 2.20 bits per heavy atom. The molecule has 82 valence electrons. The average Bonchev–Trinajstić information content (AvgIpc) is 2.14. The summed E-state index contributed by atoms with van der Waals surface area (Å²) in [7, 11) is 0. The van der Waals surface area contributed by atoms with Gasteiger partial charge in [-0.3, -0.25) is 14.9 Å². The Bertz CT molecular complexity index is 316. The zero-order valence-electron chi connectivity index (χ0n) is 9.25. The first kappa shape index (κ1) is 11.7. The van der Waals surface area contributed by atoms with Crippen LogP contribution in [-0.2, 0) is 9.59 Å². The number of carbonyl (C=O) groups is 2. The topological polar surface area (TPSA) is 46.2 Å². The van der Waals surface area contributed by atoms with E-state index in [4.69, 9.17) is 0 Å². The Hall–Kier alpha value is -1.38. The van der Waals surface area contributed by atoms with Crippen LogP contribution in [0.15, 0.2) is 24.3 Å². The molecule has 1 heterocycles. The van der Waals surface area contributed by atoms with Crippen LogP contribution in [0.5, 0.6) is 0 Å². The van der Waals surface area contributed by atoms with Crippen molar-refractivity contribution in [1.29, 1.82) is 0 Å². The van der Waals surface area contributed by atoms with Crippen LogP contribution in [0.3, 0.4) is 0 Å². The largest absolute Gasteiger partial charge is 0.296 e. The molecule has 15 heavy (non-hydrogen) atoms. The van der Waals surface area contributed by atoms with E-state index < -0.39 is 0 Å². The number of imide groups is 1. The molecule has 0 aromatic rings. The molecule has 0 aromatic heterocycles. The second kappa shape index (κ2) is 4.91. The highest BCUT2D eigenvalue weighted by molar-refractivity contribution is 6.00. The lowest BCUT2D eigenvalue weighted by atomic mass is 9.88. The molecule has 0 bridgehead atoms. The third-order valence-electron chi connectivity index (χ3n) is 2.40. The van der Waals surface area contributed by atoms with Crippen molar-refractivity contribution < 1.29 is 9.59 Å². The fourth-order valence-corrected chi connectivity index (χ4v) is 1.72. The van der Waals surface area contributed by atoms with Crippen molar-refractivity contribution >= 4 is 11.8 Å². The highest BCUT2D eigenvalue weighted by Crippen LogP contribution is 2.23. The Balaban J connectivity index is 2.81. The van der Waals surface area contributed by atoms with E-state index >= 15 is 0 Å². The van der Waals surface area contributed by atoms with Crippen LogP contribution in [0, 0.1) is 11.8 Å². The lowest BCUT2D eigenvalue weighted by Gasteiger charge is -2.22. The number of nitrogens with one attached hydrogen (secondary N) is 1. The Kier molecular flexibility index (Phi) is 3.83.